The number of benzene rings is 11. The quantitative estimate of drug-likeness (QED) is 0.165. The first-order valence-corrected chi connectivity index (χ1v) is 43.8. The molecule has 5 aromatic heterocycles. The average molecular weight is 1560 g/mol. The number of pyridine rings is 5. The van der Waals surface area contributed by atoms with E-state index in [1.54, 1.807) is 22.3 Å². The fourth-order valence-electron chi connectivity index (χ4n) is 21.6. The molecule has 2 unspecified atom stereocenters. The number of aromatic nitrogens is 5. The number of rotatable bonds is 4. The Morgan fingerprint density at radius 2 is 0.731 bits per heavy atom. The van der Waals surface area contributed by atoms with Gasteiger partial charge >= 0.3 is 0 Å². The van der Waals surface area contributed by atoms with Crippen LogP contribution in [0.4, 0.5) is 0 Å². The van der Waals surface area contributed by atoms with E-state index in [1.807, 2.05) is 20.8 Å². The van der Waals surface area contributed by atoms with Gasteiger partial charge < -0.3 is 0 Å². The molecule has 2 atom stereocenters. The maximum absolute atomic E-state index is 8.66. The molecule has 0 N–H and O–H groups in total. The highest BCUT2D eigenvalue weighted by molar-refractivity contribution is 6.03. The number of aryl methyl sites for hydroxylation is 14. The number of nitrogens with zero attached hydrogens (tertiary/aromatic N) is 5. The minimum absolute atomic E-state index is 0.0622. The van der Waals surface area contributed by atoms with Crippen molar-refractivity contribution in [3.63, 3.8) is 0 Å². The lowest BCUT2D eigenvalue weighted by atomic mass is 9.66. The van der Waals surface area contributed by atoms with Gasteiger partial charge in [0.25, 0.3) is 0 Å². The molecule has 5 nitrogen and oxygen atoms in total. The standard InChI is InChI=1S/C24H25N.C23H23N.C23H22N.2C22H24N/c1-14-4-9-20-19(10-14)12-16(3)25-24(20)21-13-23-18-7-5-17(6-8-18)22(23)11-15(21)2;1-13-4-7-19-18(8-13)10-15(3)24-23(19)20-12-22-17-6-5-16(11-17)21(22)9-14(20)2;1-15-9-10-21-20(11-15)13-17(3)24(4)23(21)22-14-19-8-6-5-7-18(19)12-16(22)2;1-13-10-16-12-15(3)23(6)21-19-14(2)8-7-9-17(19)22(4,5)18(11-13)20(16)21;1-14-8-9-20-19(10-14)12-16(3)23(4)22(20)21-13-18-7-5-6-17(18)11-15(21)2/h4,9-13,17-18H,5-8H2,1-3H3;4,7-10,12,16-17H,5-6,11H2,1-3H3;5-14H,1-4H3;7-12H,1-6H3;8-13H,5-7H2,1-4H3/q;;3*+1/i12D;10D;13D;2*12D. The molecule has 5 heterocycles. The molecule has 11 aromatic carbocycles. The van der Waals surface area contributed by atoms with E-state index in [1.165, 1.54) is 209 Å². The lowest BCUT2D eigenvalue weighted by Gasteiger charge is -2.39. The van der Waals surface area contributed by atoms with E-state index in [0.717, 1.165) is 107 Å². The van der Waals surface area contributed by atoms with Gasteiger partial charge in [0.1, 0.15) is 21.1 Å². The molecule has 2 fully saturated rings. The van der Waals surface area contributed by atoms with Crippen molar-refractivity contribution in [1.82, 2.24) is 9.97 Å². The van der Waals surface area contributed by atoms with E-state index in [0.29, 0.717) is 30.2 Å². The van der Waals surface area contributed by atoms with Crippen LogP contribution in [-0.4, -0.2) is 9.97 Å². The molecule has 0 saturated heterocycles. The largest absolute Gasteiger partial charge is 0.252 e. The van der Waals surface area contributed by atoms with Gasteiger partial charge in [-0.1, -0.05) is 181 Å². The van der Waals surface area contributed by atoms with Gasteiger partial charge in [0, 0.05) is 77.6 Å². The molecule has 2 saturated carbocycles. The number of hydrogen-bond acceptors (Lipinski definition) is 2. The van der Waals surface area contributed by atoms with Crippen LogP contribution in [-0.2, 0) is 39.4 Å². The normalized spacial score (nSPS) is 17.2. The Kier molecular flexibility index (Phi) is 18.9. The van der Waals surface area contributed by atoms with E-state index >= 15 is 0 Å². The maximum Gasteiger partial charge on any atom is 0.221 e. The first kappa shape index (κ1) is 72.9. The second-order valence-electron chi connectivity index (χ2n) is 36.9. The molecular formula is C114H118N5+3. The SMILES string of the molecule is [2H]c1c(C)[n+](C)c(-c2cc3c(cc2C)CCC3)c2ccc(C)cc12.[2H]c1c(C)[n+](C)c(-c2cc3ccccc3cc2C)c2ccc(C)cc12.[2H]c1c(C)[n+](C)c2c3c(cc(C)cc13)C(C)(C)c1cccc(C)c1-2.[2H]c1c(C)nc(-c2cc3c(cc2C)C2CCC3C2)c2ccc(C)cc12.[2H]c1c(C)nc(-c2cc3c(cc2C)C2CCC3CC2)c2ccc(C)cc12. The summed E-state index contributed by atoms with van der Waals surface area (Å²) in [6.45, 7) is 36.2. The first-order chi connectivity index (χ1) is 59.2. The molecular weight excluding hydrogens is 1440 g/mol. The van der Waals surface area contributed by atoms with Crippen molar-refractivity contribution >= 4 is 64.6 Å². The molecule has 4 bridgehead atoms. The van der Waals surface area contributed by atoms with Crippen LogP contribution >= 0.6 is 0 Å². The Hall–Kier alpha value is -11.3. The summed E-state index contributed by atoms with van der Waals surface area (Å²) < 4.78 is 49.2. The van der Waals surface area contributed by atoms with Crippen molar-refractivity contribution in [3.05, 3.63) is 335 Å². The van der Waals surface area contributed by atoms with Crippen molar-refractivity contribution < 1.29 is 20.6 Å². The second-order valence-corrected chi connectivity index (χ2v) is 36.9. The van der Waals surface area contributed by atoms with E-state index in [9.17, 15) is 0 Å². The fourth-order valence-corrected chi connectivity index (χ4v) is 21.6. The lowest BCUT2D eigenvalue weighted by molar-refractivity contribution is -0.665. The van der Waals surface area contributed by atoms with Crippen LogP contribution in [0, 0.1) is 104 Å². The van der Waals surface area contributed by atoms with Gasteiger partial charge in [0.15, 0.2) is 17.1 Å². The zero-order valence-corrected chi connectivity index (χ0v) is 73.9. The summed E-state index contributed by atoms with van der Waals surface area (Å²) in [5.41, 5.74) is 41.4. The smallest absolute Gasteiger partial charge is 0.221 e. The zero-order valence-electron chi connectivity index (χ0n) is 78.9. The van der Waals surface area contributed by atoms with Gasteiger partial charge in [-0.3, -0.25) is 9.97 Å². The summed E-state index contributed by atoms with van der Waals surface area (Å²) in [5, 5.41) is 13.5. The van der Waals surface area contributed by atoms with Crippen LogP contribution in [0.3, 0.4) is 0 Å². The number of fused-ring (bicyclic) bond motifs is 15. The van der Waals surface area contributed by atoms with Crippen LogP contribution in [0.1, 0.15) is 224 Å². The van der Waals surface area contributed by atoms with Gasteiger partial charge in [-0.05, 0) is 329 Å². The number of hydrogen-bond donors (Lipinski definition) is 0. The average Bonchev–Trinajstić information content (AvgIpc) is 0.792. The van der Waals surface area contributed by atoms with Crippen molar-refractivity contribution in [2.45, 2.75) is 211 Å². The Morgan fingerprint density at radius 3 is 1.25 bits per heavy atom. The highest BCUT2D eigenvalue weighted by atomic mass is 15.0. The molecule has 0 radical (unpaired) electrons. The molecule has 7 aliphatic carbocycles. The van der Waals surface area contributed by atoms with Crippen molar-refractivity contribution in [2.75, 3.05) is 0 Å². The third-order valence-corrected chi connectivity index (χ3v) is 28.1. The monoisotopic (exact) mass is 1560 g/mol. The first-order valence-electron chi connectivity index (χ1n) is 46.3. The molecule has 7 aliphatic rings. The third-order valence-electron chi connectivity index (χ3n) is 28.1. The Bertz CT molecular complexity index is 7220. The molecule has 23 rings (SSSR count). The van der Waals surface area contributed by atoms with Gasteiger partial charge in [-0.2, -0.15) is 13.7 Å². The van der Waals surface area contributed by atoms with E-state index in [4.69, 9.17) is 16.8 Å². The van der Waals surface area contributed by atoms with Crippen LogP contribution in [0.25, 0.3) is 121 Å². The van der Waals surface area contributed by atoms with Crippen molar-refractivity contribution in [2.24, 2.45) is 21.1 Å². The van der Waals surface area contributed by atoms with Crippen molar-refractivity contribution in [1.29, 1.82) is 0 Å². The van der Waals surface area contributed by atoms with E-state index < -0.39 is 0 Å². The van der Waals surface area contributed by atoms with Gasteiger partial charge in [-0.15, -0.1) is 0 Å². The molecule has 16 aromatic rings. The molecule has 0 amide bonds. The fraction of sp³-hybridized carbons (Fsp3) is 0.307. The third kappa shape index (κ3) is 14.2. The lowest BCUT2D eigenvalue weighted by Crippen LogP contribution is -2.38. The summed E-state index contributed by atoms with van der Waals surface area (Å²) in [7, 11) is 6.26. The Balaban J connectivity index is 0.000000106. The highest BCUT2D eigenvalue weighted by Gasteiger charge is 2.41. The summed E-state index contributed by atoms with van der Waals surface area (Å²) in [5.74, 6) is 3.05. The minimum Gasteiger partial charge on any atom is -0.252 e. The molecule has 596 valence electrons. The summed E-state index contributed by atoms with van der Waals surface area (Å²) >= 11 is 0. The summed E-state index contributed by atoms with van der Waals surface area (Å²) in [4.78, 5) is 9.75. The molecule has 0 spiro atoms. The molecule has 119 heavy (non-hydrogen) atoms. The van der Waals surface area contributed by atoms with E-state index in [-0.39, 0.29) is 5.41 Å². The van der Waals surface area contributed by atoms with Crippen molar-refractivity contribution in [3.8, 4) is 56.3 Å². The zero-order chi connectivity index (χ0) is 87.4. The molecule has 0 aliphatic heterocycles. The predicted octanol–water partition coefficient (Wildman–Crippen LogP) is 27.8. The van der Waals surface area contributed by atoms with Crippen LogP contribution in [0.15, 0.2) is 206 Å². The van der Waals surface area contributed by atoms with Gasteiger partial charge in [0.2, 0.25) is 17.1 Å². The van der Waals surface area contributed by atoms with Crippen LogP contribution in [0.5, 0.6) is 0 Å². The van der Waals surface area contributed by atoms with Gasteiger partial charge in [0.05, 0.1) is 51.1 Å². The van der Waals surface area contributed by atoms with Gasteiger partial charge in [-0.25, -0.2) is 0 Å². The minimum atomic E-state index is -0.0622. The predicted molar refractivity (Wildman–Crippen MR) is 502 cm³/mol. The van der Waals surface area contributed by atoms with E-state index in [2.05, 4.69) is 308 Å². The summed E-state index contributed by atoms with van der Waals surface area (Å²) in [6, 6.07) is 67.4. The topological polar surface area (TPSA) is 37.4 Å². The second kappa shape index (κ2) is 30.8. The highest BCUT2D eigenvalue weighted by Crippen LogP contribution is 2.56. The molecule has 5 heteroatoms. The summed E-state index contributed by atoms with van der Waals surface area (Å²) in [6.07, 6.45) is 13.2. The maximum atomic E-state index is 8.66. The van der Waals surface area contributed by atoms with Crippen LogP contribution in [0.2, 0.25) is 0 Å². The van der Waals surface area contributed by atoms with Crippen LogP contribution < -0.4 is 13.7 Å². The Labute approximate surface area is 714 Å². The Morgan fingerprint density at radius 1 is 0.328 bits per heavy atom.